The van der Waals surface area contributed by atoms with Crippen LogP contribution in [0.3, 0.4) is 0 Å². The Balaban J connectivity index is 0. The maximum Gasteiger partial charge on any atom is 0.387 e. The molecule has 0 fully saturated rings. The summed E-state index contributed by atoms with van der Waals surface area (Å²) in [6, 6.07) is 3.81. The van der Waals surface area contributed by atoms with E-state index in [9.17, 15) is 13.2 Å². The van der Waals surface area contributed by atoms with E-state index in [1.165, 1.54) is 18.6 Å². The van der Waals surface area contributed by atoms with Crippen LogP contribution < -0.4 is 4.74 Å². The number of aryl methyl sites for hydroxylation is 1. The van der Waals surface area contributed by atoms with Gasteiger partial charge in [-0.3, -0.25) is 0 Å². The number of rotatable bonds is 2. The van der Waals surface area contributed by atoms with Crippen molar-refractivity contribution in [1.82, 2.24) is 0 Å². The van der Waals surface area contributed by atoms with Gasteiger partial charge in [0.1, 0.15) is 0 Å². The lowest BCUT2D eigenvalue weighted by molar-refractivity contribution is -0.0522. The zero-order chi connectivity index (χ0) is 13.8. The number of ether oxygens (including phenoxy) is 1. The smallest absolute Gasteiger partial charge is 0.387 e. The van der Waals surface area contributed by atoms with Gasteiger partial charge in [0.2, 0.25) is 0 Å². The topological polar surface area (TPSA) is 9.23 Å². The van der Waals surface area contributed by atoms with Gasteiger partial charge in [-0.25, -0.2) is 4.39 Å². The van der Waals surface area contributed by atoms with E-state index in [-0.39, 0.29) is 0 Å². The zero-order valence-electron chi connectivity index (χ0n) is 11.1. The van der Waals surface area contributed by atoms with E-state index in [1.54, 1.807) is 6.92 Å². The van der Waals surface area contributed by atoms with Gasteiger partial charge in [0, 0.05) is 0 Å². The fourth-order valence-electron chi connectivity index (χ4n) is 0.797. The van der Waals surface area contributed by atoms with Crippen molar-refractivity contribution in [3.05, 3.63) is 29.6 Å². The Labute approximate surface area is 102 Å². The van der Waals surface area contributed by atoms with Crippen LogP contribution in [0.5, 0.6) is 5.75 Å². The van der Waals surface area contributed by atoms with Crippen LogP contribution in [-0.4, -0.2) is 6.61 Å². The predicted molar refractivity (Wildman–Crippen MR) is 65.1 cm³/mol. The number of benzene rings is 1. The standard InChI is InChI=1S/C8H7F3O.C3H8.C2H6/c1-5-2-3-7(6(9)4-5)12-8(10)11;1-3-2;1-2/h2-4,8H,1H3;3H2,1-2H3;1-2H3. The second-order valence-corrected chi connectivity index (χ2v) is 3.02. The van der Waals surface area contributed by atoms with Gasteiger partial charge in [0.25, 0.3) is 0 Å². The van der Waals surface area contributed by atoms with Crippen molar-refractivity contribution in [2.45, 2.75) is 47.7 Å². The third kappa shape index (κ3) is 9.72. The summed E-state index contributed by atoms with van der Waals surface area (Å²) in [6.45, 7) is 6.93. The summed E-state index contributed by atoms with van der Waals surface area (Å²) in [4.78, 5) is 0. The summed E-state index contributed by atoms with van der Waals surface area (Å²) < 4.78 is 39.9. The van der Waals surface area contributed by atoms with Crippen LogP contribution in [0.25, 0.3) is 0 Å². The zero-order valence-corrected chi connectivity index (χ0v) is 11.1. The molecule has 0 aliphatic heterocycles. The molecule has 1 aromatic carbocycles. The molecule has 0 amide bonds. The normalized spacial score (nSPS) is 8.76. The predicted octanol–water partition coefficient (Wildman–Crippen LogP) is 5.18. The number of alkyl halides is 2. The number of hydrogen-bond donors (Lipinski definition) is 0. The van der Waals surface area contributed by atoms with E-state index >= 15 is 0 Å². The van der Waals surface area contributed by atoms with Crippen LogP contribution in [0, 0.1) is 12.7 Å². The van der Waals surface area contributed by atoms with Gasteiger partial charge in [-0.15, -0.1) is 0 Å². The van der Waals surface area contributed by atoms with Gasteiger partial charge in [0.15, 0.2) is 11.6 Å². The van der Waals surface area contributed by atoms with Crippen molar-refractivity contribution in [2.24, 2.45) is 0 Å². The van der Waals surface area contributed by atoms with Gasteiger partial charge in [0.05, 0.1) is 0 Å². The van der Waals surface area contributed by atoms with Crippen LogP contribution in [0.4, 0.5) is 13.2 Å². The van der Waals surface area contributed by atoms with Gasteiger partial charge >= 0.3 is 6.61 Å². The molecule has 0 aromatic heterocycles. The molecule has 0 atom stereocenters. The van der Waals surface area contributed by atoms with Crippen molar-refractivity contribution in [1.29, 1.82) is 0 Å². The third-order valence-corrected chi connectivity index (χ3v) is 1.30. The molecule has 0 N–H and O–H groups in total. The molecule has 0 spiro atoms. The summed E-state index contributed by atoms with van der Waals surface area (Å²) in [6.07, 6.45) is 1.25. The third-order valence-electron chi connectivity index (χ3n) is 1.30. The highest BCUT2D eigenvalue weighted by Gasteiger charge is 2.08. The van der Waals surface area contributed by atoms with E-state index in [0.717, 1.165) is 6.07 Å². The molecule has 1 rings (SSSR count). The number of hydrogen-bond acceptors (Lipinski definition) is 1. The Hall–Kier alpha value is -1.19. The minimum atomic E-state index is -2.98. The first kappa shape index (κ1) is 18.2. The SMILES string of the molecule is CC.CCC.Cc1ccc(OC(F)F)c(F)c1. The first-order valence-corrected chi connectivity index (χ1v) is 5.72. The first-order chi connectivity index (χ1) is 8.01. The average Bonchev–Trinajstić information content (AvgIpc) is 2.26. The van der Waals surface area contributed by atoms with Crippen LogP contribution in [0.15, 0.2) is 18.2 Å². The van der Waals surface area contributed by atoms with E-state index in [0.29, 0.717) is 5.56 Å². The molecule has 0 saturated heterocycles. The molecule has 0 aliphatic rings. The molecule has 100 valence electrons. The van der Waals surface area contributed by atoms with Crippen LogP contribution in [0.2, 0.25) is 0 Å². The van der Waals surface area contributed by atoms with Gasteiger partial charge in [-0.1, -0.05) is 40.2 Å². The Bertz CT molecular complexity index is 288. The molecule has 0 heterocycles. The second kappa shape index (κ2) is 11.3. The maximum absolute atomic E-state index is 12.8. The lowest BCUT2D eigenvalue weighted by Crippen LogP contribution is -2.03. The van der Waals surface area contributed by atoms with Crippen molar-refractivity contribution < 1.29 is 17.9 Å². The highest BCUT2D eigenvalue weighted by molar-refractivity contribution is 5.28. The Morgan fingerprint density at radius 2 is 1.65 bits per heavy atom. The van der Waals surface area contributed by atoms with Gasteiger partial charge in [-0.2, -0.15) is 8.78 Å². The van der Waals surface area contributed by atoms with Crippen molar-refractivity contribution in [3.63, 3.8) is 0 Å². The first-order valence-electron chi connectivity index (χ1n) is 5.72. The number of halogens is 3. The largest absolute Gasteiger partial charge is 0.432 e. The van der Waals surface area contributed by atoms with Gasteiger partial charge < -0.3 is 4.74 Å². The summed E-state index contributed by atoms with van der Waals surface area (Å²) in [7, 11) is 0. The van der Waals surface area contributed by atoms with Crippen molar-refractivity contribution >= 4 is 0 Å². The molecule has 0 aliphatic carbocycles. The molecule has 17 heavy (non-hydrogen) atoms. The highest BCUT2D eigenvalue weighted by atomic mass is 19.3. The van der Waals surface area contributed by atoms with Crippen molar-refractivity contribution in [3.8, 4) is 5.75 Å². The lowest BCUT2D eigenvalue weighted by atomic mass is 10.2. The molecule has 1 nitrogen and oxygen atoms in total. The van der Waals surface area contributed by atoms with Crippen LogP contribution >= 0.6 is 0 Å². The average molecular weight is 250 g/mol. The summed E-state index contributed by atoms with van der Waals surface area (Å²) in [5.41, 5.74) is 0.661. The van der Waals surface area contributed by atoms with Crippen molar-refractivity contribution in [2.75, 3.05) is 0 Å². The Kier molecular flexibility index (Phi) is 12.1. The molecule has 0 saturated carbocycles. The van der Waals surface area contributed by atoms with Gasteiger partial charge in [-0.05, 0) is 24.6 Å². The molecular weight excluding hydrogens is 229 g/mol. The minimum absolute atomic E-state index is 0.421. The van der Waals surface area contributed by atoms with E-state index in [2.05, 4.69) is 18.6 Å². The molecule has 4 heteroatoms. The fourth-order valence-corrected chi connectivity index (χ4v) is 0.797. The molecule has 1 aromatic rings. The molecule has 0 bridgehead atoms. The molecule has 0 radical (unpaired) electrons. The lowest BCUT2D eigenvalue weighted by Gasteiger charge is -2.05. The summed E-state index contributed by atoms with van der Waals surface area (Å²) in [5.74, 6) is -1.19. The molecular formula is C13H21F3O. The van der Waals surface area contributed by atoms with Crippen LogP contribution in [0.1, 0.15) is 39.7 Å². The minimum Gasteiger partial charge on any atom is -0.432 e. The summed E-state index contributed by atoms with van der Waals surface area (Å²) >= 11 is 0. The van der Waals surface area contributed by atoms with E-state index in [1.807, 2.05) is 13.8 Å². The summed E-state index contributed by atoms with van der Waals surface area (Å²) in [5, 5.41) is 0. The van der Waals surface area contributed by atoms with E-state index < -0.39 is 18.2 Å². The quantitative estimate of drug-likeness (QED) is 0.702. The second-order valence-electron chi connectivity index (χ2n) is 3.02. The fraction of sp³-hybridized carbons (Fsp3) is 0.538. The maximum atomic E-state index is 12.8. The Morgan fingerprint density at radius 1 is 1.18 bits per heavy atom. The van der Waals surface area contributed by atoms with E-state index in [4.69, 9.17) is 0 Å². The highest BCUT2D eigenvalue weighted by Crippen LogP contribution is 2.19. The monoisotopic (exact) mass is 250 g/mol. The molecule has 0 unspecified atom stereocenters. The Morgan fingerprint density at radius 3 is 2.00 bits per heavy atom. The van der Waals surface area contributed by atoms with Crippen LogP contribution in [-0.2, 0) is 0 Å².